The van der Waals surface area contributed by atoms with Gasteiger partial charge in [0.15, 0.2) is 12.4 Å². The van der Waals surface area contributed by atoms with E-state index in [4.69, 9.17) is 4.74 Å². The van der Waals surface area contributed by atoms with E-state index in [1.165, 1.54) is 0 Å². The number of Topliss-reactive ketones (excluding diaryl/α,β-unsaturated/α-hetero) is 1. The molecular formula is C24H26N2O5. The monoisotopic (exact) mass is 422 g/mol. The molecular weight excluding hydrogens is 396 g/mol. The minimum atomic E-state index is -1.26. The van der Waals surface area contributed by atoms with Gasteiger partial charge in [0, 0.05) is 5.56 Å². The van der Waals surface area contributed by atoms with E-state index in [1.54, 1.807) is 31.2 Å². The summed E-state index contributed by atoms with van der Waals surface area (Å²) in [6.07, 6.45) is 1.94. The number of esters is 1. The van der Waals surface area contributed by atoms with Crippen molar-refractivity contribution in [1.82, 2.24) is 10.2 Å². The van der Waals surface area contributed by atoms with Gasteiger partial charge in [-0.1, -0.05) is 67.4 Å². The molecule has 1 aliphatic rings. The molecule has 1 atom stereocenters. The molecule has 2 aromatic rings. The van der Waals surface area contributed by atoms with Gasteiger partial charge in [-0.15, -0.1) is 0 Å². The van der Waals surface area contributed by atoms with Gasteiger partial charge < -0.3 is 10.1 Å². The number of ketones is 1. The lowest BCUT2D eigenvalue weighted by atomic mass is 9.91. The van der Waals surface area contributed by atoms with E-state index >= 15 is 0 Å². The van der Waals surface area contributed by atoms with Crippen molar-refractivity contribution in [3.8, 4) is 0 Å². The Morgan fingerprint density at radius 1 is 1.03 bits per heavy atom. The maximum Gasteiger partial charge on any atom is 0.326 e. The molecule has 0 spiro atoms. The Kier molecular flexibility index (Phi) is 6.53. The molecule has 0 saturated carbocycles. The van der Waals surface area contributed by atoms with Gasteiger partial charge >= 0.3 is 12.0 Å². The van der Waals surface area contributed by atoms with E-state index in [-0.39, 0.29) is 5.78 Å². The fraction of sp³-hybridized carbons (Fsp3) is 0.333. The van der Waals surface area contributed by atoms with Gasteiger partial charge in [0.25, 0.3) is 5.91 Å². The highest BCUT2D eigenvalue weighted by atomic mass is 16.5. The number of aryl methyl sites for hydroxylation is 2. The van der Waals surface area contributed by atoms with E-state index in [9.17, 15) is 19.2 Å². The van der Waals surface area contributed by atoms with Crippen LogP contribution in [-0.4, -0.2) is 41.7 Å². The van der Waals surface area contributed by atoms with Gasteiger partial charge in [-0.25, -0.2) is 4.79 Å². The van der Waals surface area contributed by atoms with Crippen molar-refractivity contribution in [2.75, 3.05) is 13.2 Å². The van der Waals surface area contributed by atoms with Crippen molar-refractivity contribution in [3.05, 3.63) is 70.8 Å². The van der Waals surface area contributed by atoms with E-state index in [0.717, 1.165) is 28.9 Å². The lowest BCUT2D eigenvalue weighted by Crippen LogP contribution is -2.41. The summed E-state index contributed by atoms with van der Waals surface area (Å²) in [6, 6.07) is 13.7. The Hall–Kier alpha value is -3.48. The average molecular weight is 422 g/mol. The molecule has 7 nitrogen and oxygen atoms in total. The summed E-state index contributed by atoms with van der Waals surface area (Å²) in [6.45, 7) is 4.58. The molecule has 0 aliphatic carbocycles. The first-order valence-electron chi connectivity index (χ1n) is 10.2. The predicted molar refractivity (Wildman–Crippen MR) is 115 cm³/mol. The number of hydrogen-bond donors (Lipinski definition) is 1. The molecule has 31 heavy (non-hydrogen) atoms. The third-order valence-electron chi connectivity index (χ3n) is 5.37. The SMILES string of the molecule is CCCc1ccc(C(=O)COC(=O)CN2C(=O)N[C@](C)(c3ccc(C)cc3)C2=O)cc1. The Balaban J connectivity index is 1.58. The molecule has 1 fully saturated rings. The van der Waals surface area contributed by atoms with Crippen LogP contribution in [0.15, 0.2) is 48.5 Å². The molecule has 0 bridgehead atoms. The smallest absolute Gasteiger partial charge is 0.326 e. The minimum absolute atomic E-state index is 0.349. The fourth-order valence-corrected chi connectivity index (χ4v) is 3.47. The molecule has 3 amide bonds. The lowest BCUT2D eigenvalue weighted by molar-refractivity contribution is -0.146. The van der Waals surface area contributed by atoms with Gasteiger partial charge in [0.05, 0.1) is 0 Å². The standard InChI is InChI=1S/C24H26N2O5/c1-4-5-17-8-10-18(11-9-17)20(27)15-31-21(28)14-26-22(29)24(3,25-23(26)30)19-12-6-16(2)7-13-19/h6-13H,4-5,14-15H2,1-3H3,(H,25,30)/t24-/m1/s1. The summed E-state index contributed by atoms with van der Waals surface area (Å²) in [7, 11) is 0. The van der Waals surface area contributed by atoms with Crippen LogP contribution in [0.4, 0.5) is 4.79 Å². The number of benzene rings is 2. The van der Waals surface area contributed by atoms with Crippen molar-refractivity contribution in [3.63, 3.8) is 0 Å². The summed E-state index contributed by atoms with van der Waals surface area (Å²) in [4.78, 5) is 50.5. The molecule has 1 saturated heterocycles. The van der Waals surface area contributed by atoms with E-state index in [1.807, 2.05) is 31.2 Å². The number of rotatable bonds is 8. The van der Waals surface area contributed by atoms with Crippen LogP contribution in [0.3, 0.4) is 0 Å². The van der Waals surface area contributed by atoms with Crippen LogP contribution in [0.2, 0.25) is 0 Å². The summed E-state index contributed by atoms with van der Waals surface area (Å²) in [5.74, 6) is -1.72. The second kappa shape index (κ2) is 9.12. The van der Waals surface area contributed by atoms with Crippen molar-refractivity contribution in [1.29, 1.82) is 0 Å². The lowest BCUT2D eigenvalue weighted by Gasteiger charge is -2.22. The largest absolute Gasteiger partial charge is 0.456 e. The van der Waals surface area contributed by atoms with Crippen LogP contribution in [0.25, 0.3) is 0 Å². The van der Waals surface area contributed by atoms with Gasteiger partial charge in [-0.05, 0) is 31.4 Å². The molecule has 3 rings (SSSR count). The highest BCUT2D eigenvalue weighted by Crippen LogP contribution is 2.28. The number of hydrogen-bond acceptors (Lipinski definition) is 5. The topological polar surface area (TPSA) is 92.8 Å². The summed E-state index contributed by atoms with van der Waals surface area (Å²) in [5, 5.41) is 2.64. The molecule has 1 N–H and O–H groups in total. The first-order chi connectivity index (χ1) is 14.7. The van der Waals surface area contributed by atoms with Gasteiger partial charge in [-0.2, -0.15) is 0 Å². The molecule has 1 heterocycles. The number of nitrogens with zero attached hydrogens (tertiary/aromatic N) is 1. The number of carbonyl (C=O) groups is 4. The minimum Gasteiger partial charge on any atom is -0.456 e. The molecule has 0 aromatic heterocycles. The van der Waals surface area contributed by atoms with Gasteiger partial charge in [0.1, 0.15) is 12.1 Å². The number of imide groups is 1. The van der Waals surface area contributed by atoms with Crippen molar-refractivity contribution in [2.24, 2.45) is 0 Å². The van der Waals surface area contributed by atoms with Crippen LogP contribution in [0.5, 0.6) is 0 Å². The molecule has 2 aromatic carbocycles. The summed E-state index contributed by atoms with van der Waals surface area (Å²) < 4.78 is 5.02. The van der Waals surface area contributed by atoms with Crippen molar-refractivity contribution >= 4 is 23.7 Å². The quantitative estimate of drug-likeness (QED) is 0.401. The van der Waals surface area contributed by atoms with E-state index < -0.39 is 36.6 Å². The number of carbonyl (C=O) groups excluding carboxylic acids is 4. The Labute approximate surface area is 181 Å². The van der Waals surface area contributed by atoms with Crippen LogP contribution >= 0.6 is 0 Å². The zero-order valence-corrected chi connectivity index (χ0v) is 17.9. The third kappa shape index (κ3) is 4.82. The highest BCUT2D eigenvalue weighted by molar-refractivity contribution is 6.09. The number of nitrogens with one attached hydrogen (secondary N) is 1. The Morgan fingerprint density at radius 3 is 2.29 bits per heavy atom. The summed E-state index contributed by atoms with van der Waals surface area (Å²) >= 11 is 0. The zero-order valence-electron chi connectivity index (χ0n) is 17.9. The maximum atomic E-state index is 12.9. The number of amides is 3. The zero-order chi connectivity index (χ0) is 22.6. The van der Waals surface area contributed by atoms with Gasteiger partial charge in [-0.3, -0.25) is 19.3 Å². The van der Waals surface area contributed by atoms with E-state index in [0.29, 0.717) is 11.1 Å². The average Bonchev–Trinajstić information content (AvgIpc) is 2.97. The van der Waals surface area contributed by atoms with Crippen LogP contribution < -0.4 is 5.32 Å². The molecule has 1 aliphatic heterocycles. The first kappa shape index (κ1) is 22.2. The second-order valence-corrected chi connectivity index (χ2v) is 7.84. The van der Waals surface area contributed by atoms with Crippen LogP contribution in [-0.2, 0) is 26.3 Å². The molecule has 7 heteroatoms. The number of ether oxygens (including phenoxy) is 1. The van der Waals surface area contributed by atoms with Crippen molar-refractivity contribution in [2.45, 2.75) is 39.2 Å². The molecule has 0 unspecified atom stereocenters. The fourth-order valence-electron chi connectivity index (χ4n) is 3.47. The van der Waals surface area contributed by atoms with Crippen molar-refractivity contribution < 1.29 is 23.9 Å². The first-order valence-corrected chi connectivity index (χ1v) is 10.2. The molecule has 162 valence electrons. The van der Waals surface area contributed by atoms with Crippen LogP contribution in [0, 0.1) is 6.92 Å². The normalized spacial score (nSPS) is 18.1. The van der Waals surface area contributed by atoms with Crippen LogP contribution in [0.1, 0.15) is 47.3 Å². The Morgan fingerprint density at radius 2 is 1.68 bits per heavy atom. The van der Waals surface area contributed by atoms with E-state index in [2.05, 4.69) is 12.2 Å². The third-order valence-corrected chi connectivity index (χ3v) is 5.37. The number of urea groups is 1. The summed E-state index contributed by atoms with van der Waals surface area (Å²) in [5.41, 5.74) is 1.95. The highest BCUT2D eigenvalue weighted by Gasteiger charge is 2.49. The van der Waals surface area contributed by atoms with Gasteiger partial charge in [0.2, 0.25) is 0 Å². The predicted octanol–water partition coefficient (Wildman–Crippen LogP) is 3.14. The molecule has 0 radical (unpaired) electrons. The second-order valence-electron chi connectivity index (χ2n) is 7.84. The maximum absolute atomic E-state index is 12.9. The Bertz CT molecular complexity index is 998.